The summed E-state index contributed by atoms with van der Waals surface area (Å²) < 4.78 is 1.69. The molecule has 112 valence electrons. The van der Waals surface area contributed by atoms with Gasteiger partial charge < -0.3 is 5.73 Å². The van der Waals surface area contributed by atoms with Crippen LogP contribution >= 0.6 is 0 Å². The van der Waals surface area contributed by atoms with Gasteiger partial charge in [0.15, 0.2) is 5.82 Å². The van der Waals surface area contributed by atoms with Gasteiger partial charge in [-0.2, -0.15) is 9.78 Å². The highest BCUT2D eigenvalue weighted by Gasteiger charge is 2.11. The van der Waals surface area contributed by atoms with E-state index in [1.807, 2.05) is 55.5 Å². The average Bonchev–Trinajstić information content (AvgIpc) is 2.93. The Bertz CT molecular complexity index is 987. The second kappa shape index (κ2) is 5.25. The van der Waals surface area contributed by atoms with E-state index < -0.39 is 0 Å². The Kier molecular flexibility index (Phi) is 3.08. The van der Waals surface area contributed by atoms with Gasteiger partial charge in [0.2, 0.25) is 0 Å². The third-order valence-corrected chi connectivity index (χ3v) is 3.86. The molecule has 0 aliphatic carbocycles. The molecule has 0 bridgehead atoms. The first-order valence-corrected chi connectivity index (χ1v) is 7.50. The molecule has 4 aromatic rings. The fourth-order valence-electron chi connectivity index (χ4n) is 2.83. The van der Waals surface area contributed by atoms with Crippen LogP contribution in [0.25, 0.3) is 27.8 Å². The van der Waals surface area contributed by atoms with Crippen molar-refractivity contribution in [3.63, 3.8) is 0 Å². The lowest BCUT2D eigenvalue weighted by molar-refractivity contribution is 0.847. The molecule has 0 spiro atoms. The number of aryl methyl sites for hydroxylation is 1. The third kappa shape index (κ3) is 2.34. The Balaban J connectivity index is 2.03. The fourth-order valence-corrected chi connectivity index (χ4v) is 2.83. The minimum absolute atomic E-state index is 0.587. The fraction of sp³-hybridized carbons (Fsp3) is 0.0526. The Hall–Kier alpha value is -3.14. The molecule has 0 unspecified atom stereocenters. The maximum absolute atomic E-state index is 6.07. The molecule has 2 aromatic carbocycles. The molecule has 0 fully saturated rings. The van der Waals surface area contributed by atoms with Crippen molar-refractivity contribution in [2.45, 2.75) is 6.92 Å². The average molecular weight is 300 g/mol. The molecule has 0 saturated carbocycles. The Morgan fingerprint density at radius 3 is 2.39 bits per heavy atom. The number of hydrogen-bond donors (Lipinski definition) is 1. The zero-order valence-electron chi connectivity index (χ0n) is 12.8. The van der Waals surface area contributed by atoms with Gasteiger partial charge in [0.1, 0.15) is 5.82 Å². The summed E-state index contributed by atoms with van der Waals surface area (Å²) in [5, 5.41) is 5.57. The van der Waals surface area contributed by atoms with Crippen molar-refractivity contribution >= 4 is 16.7 Å². The molecule has 0 amide bonds. The summed E-state index contributed by atoms with van der Waals surface area (Å²) >= 11 is 0. The molecule has 4 nitrogen and oxygen atoms in total. The quantitative estimate of drug-likeness (QED) is 0.609. The van der Waals surface area contributed by atoms with E-state index in [-0.39, 0.29) is 0 Å². The van der Waals surface area contributed by atoms with Crippen LogP contribution in [0, 0.1) is 6.92 Å². The van der Waals surface area contributed by atoms with Gasteiger partial charge in [-0.1, -0.05) is 48.5 Å². The highest BCUT2D eigenvalue weighted by molar-refractivity contribution is 5.95. The van der Waals surface area contributed by atoms with Gasteiger partial charge in [0.05, 0.1) is 11.2 Å². The van der Waals surface area contributed by atoms with Crippen LogP contribution in [0.15, 0.2) is 66.7 Å². The van der Waals surface area contributed by atoms with Crippen LogP contribution in [0.2, 0.25) is 0 Å². The lowest BCUT2D eigenvalue weighted by Crippen LogP contribution is -2.04. The summed E-state index contributed by atoms with van der Waals surface area (Å²) in [6.07, 6.45) is 0. The van der Waals surface area contributed by atoms with E-state index in [0.717, 1.165) is 33.5 Å². The highest BCUT2D eigenvalue weighted by atomic mass is 15.3. The van der Waals surface area contributed by atoms with E-state index in [1.54, 1.807) is 4.68 Å². The molecule has 2 aromatic heterocycles. The van der Waals surface area contributed by atoms with Gasteiger partial charge in [-0.05, 0) is 30.2 Å². The number of hydrogen-bond acceptors (Lipinski definition) is 3. The van der Waals surface area contributed by atoms with Crippen LogP contribution in [0.3, 0.4) is 0 Å². The molecule has 23 heavy (non-hydrogen) atoms. The first kappa shape index (κ1) is 13.5. The van der Waals surface area contributed by atoms with E-state index in [9.17, 15) is 0 Å². The first-order chi connectivity index (χ1) is 11.2. The molecule has 4 rings (SSSR count). The van der Waals surface area contributed by atoms with E-state index in [2.05, 4.69) is 23.3 Å². The number of aromatic nitrogens is 3. The van der Waals surface area contributed by atoms with Crippen molar-refractivity contribution in [1.29, 1.82) is 0 Å². The summed E-state index contributed by atoms with van der Waals surface area (Å²) in [4.78, 5) is 4.73. The Morgan fingerprint density at radius 1 is 0.913 bits per heavy atom. The monoisotopic (exact) mass is 300 g/mol. The number of anilines is 1. The van der Waals surface area contributed by atoms with E-state index in [4.69, 9.17) is 10.7 Å². The SMILES string of the molecule is Cc1cc(N)n(-c2cc(-c3ccccc3)c3ccccc3n2)n1. The van der Waals surface area contributed by atoms with Gasteiger partial charge in [0, 0.05) is 11.5 Å². The number of nitrogen functional groups attached to an aromatic ring is 1. The van der Waals surface area contributed by atoms with Crippen LogP contribution in [0.1, 0.15) is 5.69 Å². The molecular weight excluding hydrogens is 284 g/mol. The highest BCUT2D eigenvalue weighted by Crippen LogP contribution is 2.30. The Morgan fingerprint density at radius 2 is 1.65 bits per heavy atom. The molecule has 0 saturated heterocycles. The molecule has 0 aliphatic heterocycles. The zero-order chi connectivity index (χ0) is 15.8. The molecule has 0 radical (unpaired) electrons. The second-order valence-electron chi connectivity index (χ2n) is 5.53. The summed E-state index contributed by atoms with van der Waals surface area (Å²) in [5.74, 6) is 1.32. The lowest BCUT2D eigenvalue weighted by Gasteiger charge is -2.11. The minimum atomic E-state index is 0.587. The lowest BCUT2D eigenvalue weighted by atomic mass is 10.0. The first-order valence-electron chi connectivity index (χ1n) is 7.50. The number of benzene rings is 2. The van der Waals surface area contributed by atoms with Gasteiger partial charge >= 0.3 is 0 Å². The number of para-hydroxylation sites is 1. The summed E-state index contributed by atoms with van der Waals surface area (Å²) in [6, 6.07) is 22.3. The predicted octanol–water partition coefficient (Wildman–Crippen LogP) is 3.98. The summed E-state index contributed by atoms with van der Waals surface area (Å²) in [6.45, 7) is 1.92. The van der Waals surface area contributed by atoms with Crippen LogP contribution in [0.5, 0.6) is 0 Å². The molecular formula is C19H16N4. The van der Waals surface area contributed by atoms with Crippen molar-refractivity contribution in [2.75, 3.05) is 5.73 Å². The number of nitrogens with zero attached hydrogens (tertiary/aromatic N) is 3. The summed E-state index contributed by atoms with van der Waals surface area (Å²) in [5.41, 5.74) is 10.1. The molecule has 2 N–H and O–H groups in total. The molecule has 2 heterocycles. The topological polar surface area (TPSA) is 56.7 Å². The van der Waals surface area contributed by atoms with Gasteiger partial charge in [-0.25, -0.2) is 4.98 Å². The van der Waals surface area contributed by atoms with Crippen LogP contribution < -0.4 is 5.73 Å². The predicted molar refractivity (Wildman–Crippen MR) is 93.5 cm³/mol. The normalized spacial score (nSPS) is 11.0. The number of pyridine rings is 1. The van der Waals surface area contributed by atoms with Gasteiger partial charge in [-0.3, -0.25) is 0 Å². The zero-order valence-corrected chi connectivity index (χ0v) is 12.8. The van der Waals surface area contributed by atoms with Gasteiger partial charge in [-0.15, -0.1) is 0 Å². The Labute approximate surface area is 134 Å². The molecule has 0 atom stereocenters. The second-order valence-corrected chi connectivity index (χ2v) is 5.53. The van der Waals surface area contributed by atoms with Crippen molar-refractivity contribution in [2.24, 2.45) is 0 Å². The maximum atomic E-state index is 6.07. The van der Waals surface area contributed by atoms with Crippen molar-refractivity contribution < 1.29 is 0 Å². The van der Waals surface area contributed by atoms with E-state index in [1.165, 1.54) is 0 Å². The van der Waals surface area contributed by atoms with E-state index in [0.29, 0.717) is 5.82 Å². The third-order valence-electron chi connectivity index (χ3n) is 3.86. The van der Waals surface area contributed by atoms with Crippen molar-refractivity contribution in [1.82, 2.24) is 14.8 Å². The standard InChI is InChI=1S/C19H16N4/c1-13-11-18(20)23(22-13)19-12-16(14-7-3-2-4-8-14)15-9-5-6-10-17(15)21-19/h2-12H,20H2,1H3. The van der Waals surface area contributed by atoms with E-state index >= 15 is 0 Å². The van der Waals surface area contributed by atoms with Crippen LogP contribution in [0.4, 0.5) is 5.82 Å². The summed E-state index contributed by atoms with van der Waals surface area (Å²) in [7, 11) is 0. The van der Waals surface area contributed by atoms with Crippen LogP contribution in [-0.2, 0) is 0 Å². The van der Waals surface area contributed by atoms with Gasteiger partial charge in [0.25, 0.3) is 0 Å². The van der Waals surface area contributed by atoms with Crippen LogP contribution in [-0.4, -0.2) is 14.8 Å². The number of nitrogens with two attached hydrogens (primary N) is 1. The van der Waals surface area contributed by atoms with Crippen molar-refractivity contribution in [3.8, 4) is 16.9 Å². The smallest absolute Gasteiger partial charge is 0.157 e. The van der Waals surface area contributed by atoms with Crippen molar-refractivity contribution in [3.05, 3.63) is 72.4 Å². The number of rotatable bonds is 2. The molecule has 4 heteroatoms. The number of fused-ring (bicyclic) bond motifs is 1. The maximum Gasteiger partial charge on any atom is 0.157 e. The largest absolute Gasteiger partial charge is 0.384 e. The minimum Gasteiger partial charge on any atom is -0.384 e. The molecule has 0 aliphatic rings.